The molecule has 0 saturated heterocycles. The van der Waals surface area contributed by atoms with Crippen LogP contribution in [-0.4, -0.2) is 96.7 Å². The van der Waals surface area contributed by atoms with E-state index in [2.05, 4.69) is 34.6 Å². The number of unbranched alkanes of at least 4 members (excludes halogenated alkanes) is 42. The van der Waals surface area contributed by atoms with Gasteiger partial charge in [0.15, 0.2) is 12.2 Å². The second-order valence-electron chi connectivity index (χ2n) is 25.9. The Labute approximate surface area is 549 Å². The van der Waals surface area contributed by atoms with Crippen LogP contribution in [0.1, 0.15) is 369 Å². The van der Waals surface area contributed by atoms with Crippen molar-refractivity contribution in [2.45, 2.75) is 387 Å². The summed E-state index contributed by atoms with van der Waals surface area (Å²) in [5.41, 5.74) is 0. The van der Waals surface area contributed by atoms with E-state index in [1.807, 2.05) is 0 Å². The number of carbonyl (C=O) groups excluding carboxylic acids is 4. The average molecular weight is 1330 g/mol. The Bertz CT molecular complexity index is 1740. The van der Waals surface area contributed by atoms with Gasteiger partial charge in [0, 0.05) is 25.7 Å². The normalized spacial score (nSPS) is 14.4. The molecule has 0 aromatic carbocycles. The zero-order valence-electron chi connectivity index (χ0n) is 58.3. The summed E-state index contributed by atoms with van der Waals surface area (Å²) in [6.07, 6.45) is 51.3. The highest BCUT2D eigenvalue weighted by atomic mass is 31.2. The molecule has 0 aliphatic carbocycles. The van der Waals surface area contributed by atoms with Crippen LogP contribution in [0.25, 0.3) is 0 Å². The van der Waals surface area contributed by atoms with E-state index in [-0.39, 0.29) is 25.7 Å². The predicted octanol–water partition coefficient (Wildman–Crippen LogP) is 20.5. The highest BCUT2D eigenvalue weighted by Gasteiger charge is 2.30. The fourth-order valence-corrected chi connectivity index (χ4v) is 12.4. The van der Waals surface area contributed by atoms with E-state index in [4.69, 9.17) is 37.0 Å². The first-order chi connectivity index (χ1) is 43.6. The topological polar surface area (TPSA) is 237 Å². The Morgan fingerprint density at radius 1 is 0.311 bits per heavy atom. The number of rotatable bonds is 71. The number of hydrogen-bond donors (Lipinski definition) is 3. The third kappa shape index (κ3) is 63.5. The molecule has 534 valence electrons. The summed E-state index contributed by atoms with van der Waals surface area (Å²) in [7, 11) is -9.89. The quantitative estimate of drug-likeness (QED) is 0.0222. The number of ether oxygens (including phenoxy) is 4. The minimum atomic E-state index is -4.95. The van der Waals surface area contributed by atoms with Gasteiger partial charge in [0.25, 0.3) is 0 Å². The van der Waals surface area contributed by atoms with Gasteiger partial charge in [0.05, 0.1) is 26.4 Å². The number of aliphatic hydroxyl groups is 1. The summed E-state index contributed by atoms with van der Waals surface area (Å²) in [5, 5.41) is 10.6. The second kappa shape index (κ2) is 64.4. The van der Waals surface area contributed by atoms with Gasteiger partial charge in [-0.15, -0.1) is 0 Å². The van der Waals surface area contributed by atoms with Gasteiger partial charge in [-0.05, 0) is 31.6 Å². The molecule has 6 atom stereocenters. The number of carbonyl (C=O) groups is 4. The zero-order chi connectivity index (χ0) is 66.3. The van der Waals surface area contributed by atoms with E-state index in [0.29, 0.717) is 25.7 Å². The minimum Gasteiger partial charge on any atom is -0.462 e. The lowest BCUT2D eigenvalue weighted by atomic mass is 9.99. The summed E-state index contributed by atoms with van der Waals surface area (Å²) in [6, 6.07) is 0. The number of phosphoric acid groups is 2. The highest BCUT2D eigenvalue weighted by Crippen LogP contribution is 2.45. The lowest BCUT2D eigenvalue weighted by Gasteiger charge is -2.21. The van der Waals surface area contributed by atoms with Crippen molar-refractivity contribution in [3.63, 3.8) is 0 Å². The Kier molecular flexibility index (Phi) is 63.0. The molecule has 0 aromatic heterocycles. The van der Waals surface area contributed by atoms with Crippen molar-refractivity contribution in [1.29, 1.82) is 0 Å². The zero-order valence-corrected chi connectivity index (χ0v) is 60.1. The first kappa shape index (κ1) is 88.1. The number of esters is 4. The van der Waals surface area contributed by atoms with E-state index in [9.17, 15) is 43.2 Å². The number of phosphoric ester groups is 2. The fourth-order valence-electron chi connectivity index (χ4n) is 10.8. The molecule has 0 amide bonds. The van der Waals surface area contributed by atoms with Crippen molar-refractivity contribution in [3.05, 3.63) is 0 Å². The van der Waals surface area contributed by atoms with Crippen LogP contribution in [0, 0.1) is 5.92 Å². The van der Waals surface area contributed by atoms with Gasteiger partial charge in [-0.2, -0.15) is 0 Å². The van der Waals surface area contributed by atoms with E-state index >= 15 is 0 Å². The van der Waals surface area contributed by atoms with Gasteiger partial charge < -0.3 is 33.8 Å². The van der Waals surface area contributed by atoms with E-state index in [1.54, 1.807) is 0 Å². The molecule has 90 heavy (non-hydrogen) atoms. The lowest BCUT2D eigenvalue weighted by molar-refractivity contribution is -0.161. The second-order valence-corrected chi connectivity index (χ2v) is 28.8. The fraction of sp³-hybridized carbons (Fsp3) is 0.944. The molecule has 0 heterocycles. The van der Waals surface area contributed by atoms with Crippen LogP contribution in [0.5, 0.6) is 0 Å². The highest BCUT2D eigenvalue weighted by molar-refractivity contribution is 7.47. The molecule has 0 radical (unpaired) electrons. The van der Waals surface area contributed by atoms with Gasteiger partial charge in [-0.1, -0.05) is 317 Å². The first-order valence-electron chi connectivity index (χ1n) is 37.2. The minimum absolute atomic E-state index is 0.106. The van der Waals surface area contributed by atoms with Crippen LogP contribution in [0.3, 0.4) is 0 Å². The Hall–Kier alpha value is -1.94. The van der Waals surface area contributed by atoms with Crippen LogP contribution in [0.2, 0.25) is 0 Å². The van der Waals surface area contributed by atoms with Crippen molar-refractivity contribution < 1.29 is 80.2 Å². The van der Waals surface area contributed by atoms with Crippen LogP contribution >= 0.6 is 15.6 Å². The molecule has 0 rings (SSSR count). The third-order valence-electron chi connectivity index (χ3n) is 16.9. The molecular formula is C71H138O17P2. The predicted molar refractivity (Wildman–Crippen MR) is 363 cm³/mol. The summed E-state index contributed by atoms with van der Waals surface area (Å²) in [6.45, 7) is 7.27. The van der Waals surface area contributed by atoms with Crippen molar-refractivity contribution in [1.82, 2.24) is 0 Å². The summed E-state index contributed by atoms with van der Waals surface area (Å²) in [5.74, 6) is -1.28. The SMILES string of the molecule is CCCCCCCCCCCCCCCCCC(=O)OC[C@H](COP(=O)(O)OC[C@@H](O)COP(=O)(O)OC[C@@H](COC(=O)CCCCCCCCCC)OC(=O)CCCCCCCCCCC)OC(=O)CCCCCCCCCCCCCCCCC(C)CC. The largest absolute Gasteiger partial charge is 0.472 e. The van der Waals surface area contributed by atoms with E-state index in [1.165, 1.54) is 186 Å². The standard InChI is InChI=1S/C71H138O17P2/c1-6-10-13-16-19-22-23-24-25-29-32-36-40-45-50-55-69(74)82-61-67(88-71(76)57-52-47-42-37-33-30-27-26-28-31-35-38-43-48-53-64(5)9-4)63-86-90(79,80)84-59-65(72)58-83-89(77,78)85-62-66(60-81-68(73)54-49-44-39-21-18-15-12-8-3)87-70(75)56-51-46-41-34-20-17-14-11-7-2/h64-67,72H,6-63H2,1-5H3,(H,77,78)(H,79,80)/t64?,65-,66+,67+/m0/s1. The first-order valence-corrected chi connectivity index (χ1v) is 40.2. The number of hydrogen-bond acceptors (Lipinski definition) is 15. The smallest absolute Gasteiger partial charge is 0.462 e. The molecule has 0 aromatic rings. The molecule has 3 N–H and O–H groups in total. The summed E-state index contributed by atoms with van der Waals surface area (Å²) in [4.78, 5) is 72.4. The summed E-state index contributed by atoms with van der Waals surface area (Å²) >= 11 is 0. The van der Waals surface area contributed by atoms with Crippen molar-refractivity contribution in [3.8, 4) is 0 Å². The molecule has 0 bridgehead atoms. The molecule has 0 spiro atoms. The average Bonchev–Trinajstić information content (AvgIpc) is 3.37. The van der Waals surface area contributed by atoms with Crippen molar-refractivity contribution in [2.75, 3.05) is 39.6 Å². The third-order valence-corrected chi connectivity index (χ3v) is 18.8. The molecule has 0 fully saturated rings. The number of aliphatic hydroxyl groups excluding tert-OH is 1. The molecule has 17 nitrogen and oxygen atoms in total. The van der Waals surface area contributed by atoms with Crippen LogP contribution in [0.4, 0.5) is 0 Å². The van der Waals surface area contributed by atoms with Crippen molar-refractivity contribution >= 4 is 39.5 Å². The molecule has 0 aliphatic rings. The summed E-state index contributed by atoms with van der Waals surface area (Å²) < 4.78 is 68.2. The molecule has 0 aliphatic heterocycles. The molecule has 19 heteroatoms. The Balaban J connectivity index is 5.19. The van der Waals surface area contributed by atoms with Crippen LogP contribution in [0.15, 0.2) is 0 Å². The van der Waals surface area contributed by atoms with Crippen LogP contribution < -0.4 is 0 Å². The Morgan fingerprint density at radius 3 is 0.789 bits per heavy atom. The maximum absolute atomic E-state index is 13.0. The van der Waals surface area contributed by atoms with Crippen molar-refractivity contribution in [2.24, 2.45) is 5.92 Å². The Morgan fingerprint density at radius 2 is 0.533 bits per heavy atom. The molecule has 0 saturated carbocycles. The van der Waals surface area contributed by atoms with Gasteiger partial charge in [0.1, 0.15) is 19.3 Å². The lowest BCUT2D eigenvalue weighted by Crippen LogP contribution is -2.30. The molecule has 3 unspecified atom stereocenters. The van der Waals surface area contributed by atoms with Gasteiger partial charge in [0.2, 0.25) is 0 Å². The van der Waals surface area contributed by atoms with Crippen LogP contribution in [-0.2, 0) is 65.4 Å². The van der Waals surface area contributed by atoms with Gasteiger partial charge in [-0.3, -0.25) is 37.3 Å². The monoisotopic (exact) mass is 1320 g/mol. The van der Waals surface area contributed by atoms with E-state index in [0.717, 1.165) is 102 Å². The maximum atomic E-state index is 13.0. The van der Waals surface area contributed by atoms with Gasteiger partial charge >= 0.3 is 39.5 Å². The maximum Gasteiger partial charge on any atom is 0.472 e. The van der Waals surface area contributed by atoms with Gasteiger partial charge in [-0.25, -0.2) is 9.13 Å². The van der Waals surface area contributed by atoms with E-state index < -0.39 is 97.5 Å². The molecular weight excluding hydrogens is 1190 g/mol.